The molecule has 5 nitrogen and oxygen atoms in total. The molecular formula is C22H26N4O. The van der Waals surface area contributed by atoms with Crippen LogP contribution in [-0.2, 0) is 13.0 Å². The maximum atomic E-state index is 5.60. The van der Waals surface area contributed by atoms with Crippen LogP contribution < -0.4 is 10.6 Å². The van der Waals surface area contributed by atoms with Crippen molar-refractivity contribution in [2.24, 2.45) is 4.99 Å². The van der Waals surface area contributed by atoms with Crippen molar-refractivity contribution in [3.63, 3.8) is 0 Å². The maximum absolute atomic E-state index is 5.60. The standard InChI is InChI=1S/C22H26N4O/c1-16-7-9-19(10-8-16)21-26-20(15-27-21)14-25-22(23-3)24-12-11-18-6-4-5-17(2)13-18/h4-10,13,15H,11-12,14H2,1-3H3,(H2,23,24,25). The van der Waals surface area contributed by atoms with E-state index in [0.29, 0.717) is 12.4 Å². The van der Waals surface area contributed by atoms with Gasteiger partial charge in [0.1, 0.15) is 6.26 Å². The predicted molar refractivity (Wildman–Crippen MR) is 110 cm³/mol. The van der Waals surface area contributed by atoms with Crippen LogP contribution in [0.4, 0.5) is 0 Å². The van der Waals surface area contributed by atoms with Crippen molar-refractivity contribution in [1.29, 1.82) is 0 Å². The van der Waals surface area contributed by atoms with Crippen molar-refractivity contribution in [2.75, 3.05) is 13.6 Å². The summed E-state index contributed by atoms with van der Waals surface area (Å²) >= 11 is 0. The molecule has 1 heterocycles. The van der Waals surface area contributed by atoms with Gasteiger partial charge in [0.15, 0.2) is 5.96 Å². The van der Waals surface area contributed by atoms with Gasteiger partial charge in [0.2, 0.25) is 5.89 Å². The van der Waals surface area contributed by atoms with Crippen LogP contribution in [0.1, 0.15) is 22.4 Å². The minimum atomic E-state index is 0.555. The number of benzene rings is 2. The second-order valence-corrected chi connectivity index (χ2v) is 6.60. The number of aryl methyl sites for hydroxylation is 2. The Morgan fingerprint density at radius 2 is 1.85 bits per heavy atom. The van der Waals surface area contributed by atoms with Crippen LogP contribution in [-0.4, -0.2) is 24.5 Å². The van der Waals surface area contributed by atoms with Crippen molar-refractivity contribution < 1.29 is 4.42 Å². The van der Waals surface area contributed by atoms with E-state index >= 15 is 0 Å². The summed E-state index contributed by atoms with van der Waals surface area (Å²) in [6.45, 7) is 5.54. The van der Waals surface area contributed by atoms with Crippen molar-refractivity contribution in [2.45, 2.75) is 26.8 Å². The molecule has 0 aliphatic heterocycles. The zero-order chi connectivity index (χ0) is 19.1. The molecule has 0 bridgehead atoms. The number of aromatic nitrogens is 1. The van der Waals surface area contributed by atoms with Gasteiger partial charge in [-0.25, -0.2) is 4.98 Å². The topological polar surface area (TPSA) is 62.5 Å². The van der Waals surface area contributed by atoms with Gasteiger partial charge in [-0.05, 0) is 38.0 Å². The molecule has 0 aliphatic carbocycles. The number of nitrogens with zero attached hydrogens (tertiary/aromatic N) is 2. The van der Waals surface area contributed by atoms with Crippen molar-refractivity contribution in [3.05, 3.63) is 77.2 Å². The zero-order valence-electron chi connectivity index (χ0n) is 16.1. The molecule has 0 radical (unpaired) electrons. The normalized spacial score (nSPS) is 11.4. The Morgan fingerprint density at radius 3 is 2.59 bits per heavy atom. The summed E-state index contributed by atoms with van der Waals surface area (Å²) in [5, 5.41) is 6.61. The van der Waals surface area contributed by atoms with E-state index in [-0.39, 0.29) is 0 Å². The SMILES string of the molecule is CN=C(NCCc1cccc(C)c1)NCc1coc(-c2ccc(C)cc2)n1. The third-order valence-corrected chi connectivity index (χ3v) is 4.30. The highest BCUT2D eigenvalue weighted by Gasteiger charge is 2.07. The van der Waals surface area contributed by atoms with E-state index in [1.807, 2.05) is 12.1 Å². The Kier molecular flexibility index (Phi) is 6.26. The van der Waals surface area contributed by atoms with Crippen LogP contribution >= 0.6 is 0 Å². The number of hydrogen-bond acceptors (Lipinski definition) is 3. The van der Waals surface area contributed by atoms with E-state index in [2.05, 4.69) is 70.9 Å². The van der Waals surface area contributed by atoms with Gasteiger partial charge in [0.25, 0.3) is 0 Å². The molecule has 0 atom stereocenters. The van der Waals surface area contributed by atoms with E-state index in [4.69, 9.17) is 4.42 Å². The summed E-state index contributed by atoms with van der Waals surface area (Å²) in [6.07, 6.45) is 2.63. The molecule has 0 saturated carbocycles. The second-order valence-electron chi connectivity index (χ2n) is 6.60. The highest BCUT2D eigenvalue weighted by molar-refractivity contribution is 5.79. The number of nitrogens with one attached hydrogen (secondary N) is 2. The van der Waals surface area contributed by atoms with Crippen LogP contribution in [0, 0.1) is 13.8 Å². The van der Waals surface area contributed by atoms with Gasteiger partial charge in [-0.1, -0.05) is 47.5 Å². The Bertz CT molecular complexity index is 897. The lowest BCUT2D eigenvalue weighted by atomic mass is 10.1. The van der Waals surface area contributed by atoms with Crippen molar-refractivity contribution in [1.82, 2.24) is 15.6 Å². The average molecular weight is 362 g/mol. The minimum Gasteiger partial charge on any atom is -0.444 e. The number of rotatable bonds is 6. The molecule has 0 aliphatic rings. The van der Waals surface area contributed by atoms with Gasteiger partial charge in [-0.15, -0.1) is 0 Å². The summed E-state index contributed by atoms with van der Waals surface area (Å²) < 4.78 is 5.60. The molecular weight excluding hydrogens is 336 g/mol. The fourth-order valence-corrected chi connectivity index (χ4v) is 2.80. The predicted octanol–water partition coefficient (Wildman–Crippen LogP) is 3.87. The van der Waals surface area contributed by atoms with Crippen molar-refractivity contribution in [3.8, 4) is 11.5 Å². The molecule has 0 amide bonds. The largest absolute Gasteiger partial charge is 0.444 e. The van der Waals surface area contributed by atoms with Crippen LogP contribution in [0.25, 0.3) is 11.5 Å². The van der Waals surface area contributed by atoms with Gasteiger partial charge in [-0.2, -0.15) is 0 Å². The Labute approximate surface area is 160 Å². The summed E-state index contributed by atoms with van der Waals surface area (Å²) in [5.41, 5.74) is 5.63. The Balaban J connectivity index is 1.49. The zero-order valence-corrected chi connectivity index (χ0v) is 16.1. The summed E-state index contributed by atoms with van der Waals surface area (Å²) in [7, 11) is 1.77. The minimum absolute atomic E-state index is 0.555. The third kappa shape index (κ3) is 5.45. The molecule has 2 aromatic carbocycles. The lowest BCUT2D eigenvalue weighted by Gasteiger charge is -2.11. The van der Waals surface area contributed by atoms with E-state index in [0.717, 1.165) is 30.2 Å². The number of oxazole rings is 1. The highest BCUT2D eigenvalue weighted by Crippen LogP contribution is 2.18. The molecule has 140 valence electrons. The van der Waals surface area contributed by atoms with Crippen LogP contribution in [0.2, 0.25) is 0 Å². The van der Waals surface area contributed by atoms with Gasteiger partial charge in [-0.3, -0.25) is 4.99 Å². The molecule has 0 unspecified atom stereocenters. The average Bonchev–Trinajstić information content (AvgIpc) is 3.14. The Morgan fingerprint density at radius 1 is 1.04 bits per heavy atom. The molecule has 27 heavy (non-hydrogen) atoms. The Hall–Kier alpha value is -3.08. The fraction of sp³-hybridized carbons (Fsp3) is 0.273. The first kappa shape index (κ1) is 18.7. The fourth-order valence-electron chi connectivity index (χ4n) is 2.80. The van der Waals surface area contributed by atoms with E-state index in [1.165, 1.54) is 16.7 Å². The first-order valence-corrected chi connectivity index (χ1v) is 9.15. The molecule has 3 rings (SSSR count). The van der Waals surface area contributed by atoms with E-state index in [1.54, 1.807) is 13.3 Å². The first-order chi connectivity index (χ1) is 13.1. The molecule has 2 N–H and O–H groups in total. The monoisotopic (exact) mass is 362 g/mol. The summed E-state index contributed by atoms with van der Waals surface area (Å²) in [5.74, 6) is 1.39. The quantitative estimate of drug-likeness (QED) is 0.516. The van der Waals surface area contributed by atoms with Crippen LogP contribution in [0.5, 0.6) is 0 Å². The van der Waals surface area contributed by atoms with Gasteiger partial charge in [0.05, 0.1) is 12.2 Å². The highest BCUT2D eigenvalue weighted by atomic mass is 16.3. The number of aliphatic imine (C=N–C) groups is 1. The van der Waals surface area contributed by atoms with E-state index < -0.39 is 0 Å². The van der Waals surface area contributed by atoms with Gasteiger partial charge in [0, 0.05) is 19.2 Å². The summed E-state index contributed by atoms with van der Waals surface area (Å²) in [6, 6.07) is 16.7. The molecule has 0 saturated heterocycles. The smallest absolute Gasteiger partial charge is 0.226 e. The van der Waals surface area contributed by atoms with Crippen LogP contribution in [0.15, 0.2) is 64.2 Å². The summed E-state index contributed by atoms with van der Waals surface area (Å²) in [4.78, 5) is 8.80. The van der Waals surface area contributed by atoms with Crippen molar-refractivity contribution >= 4 is 5.96 Å². The maximum Gasteiger partial charge on any atom is 0.226 e. The van der Waals surface area contributed by atoms with Gasteiger partial charge >= 0.3 is 0 Å². The number of hydrogen-bond donors (Lipinski definition) is 2. The van der Waals surface area contributed by atoms with E-state index in [9.17, 15) is 0 Å². The van der Waals surface area contributed by atoms with Gasteiger partial charge < -0.3 is 15.1 Å². The second kappa shape index (κ2) is 9.03. The first-order valence-electron chi connectivity index (χ1n) is 9.15. The lowest BCUT2D eigenvalue weighted by Crippen LogP contribution is -2.37. The van der Waals surface area contributed by atoms with Crippen LogP contribution in [0.3, 0.4) is 0 Å². The molecule has 1 aromatic heterocycles. The lowest BCUT2D eigenvalue weighted by molar-refractivity contribution is 0.572. The number of guanidine groups is 1. The third-order valence-electron chi connectivity index (χ3n) is 4.30. The molecule has 0 fully saturated rings. The molecule has 0 spiro atoms. The molecule has 5 heteroatoms. The molecule has 3 aromatic rings.